The van der Waals surface area contributed by atoms with Crippen LogP contribution in [-0.4, -0.2) is 22.0 Å². The van der Waals surface area contributed by atoms with Crippen LogP contribution in [0, 0.1) is 0 Å². The number of pyridine rings is 1. The van der Waals surface area contributed by atoms with Crippen molar-refractivity contribution in [3.05, 3.63) is 59.4 Å². The van der Waals surface area contributed by atoms with Gasteiger partial charge in [-0.2, -0.15) is 0 Å². The highest BCUT2D eigenvalue weighted by Gasteiger charge is 2.06. The standard InChI is InChI=1S/C14H12N2O3S/c15-13(17)10-3-1-2-9(6-10)8-20-11-4-5-16-12(7-11)14(18)19/h1-7H,8H2,(H2,15,17)(H,18,19). The maximum Gasteiger partial charge on any atom is 0.354 e. The van der Waals surface area contributed by atoms with Crippen LogP contribution in [0.3, 0.4) is 0 Å². The van der Waals surface area contributed by atoms with Gasteiger partial charge in [0, 0.05) is 22.4 Å². The Morgan fingerprint density at radius 3 is 2.75 bits per heavy atom. The summed E-state index contributed by atoms with van der Waals surface area (Å²) in [4.78, 5) is 26.5. The van der Waals surface area contributed by atoms with E-state index in [1.54, 1.807) is 24.3 Å². The summed E-state index contributed by atoms with van der Waals surface area (Å²) >= 11 is 1.47. The molecule has 0 aliphatic heterocycles. The zero-order valence-electron chi connectivity index (χ0n) is 10.4. The number of carbonyl (C=O) groups excluding carboxylic acids is 1. The van der Waals surface area contributed by atoms with Gasteiger partial charge in [-0.25, -0.2) is 9.78 Å². The van der Waals surface area contributed by atoms with Crippen LogP contribution in [0.25, 0.3) is 0 Å². The lowest BCUT2D eigenvalue weighted by Crippen LogP contribution is -2.10. The van der Waals surface area contributed by atoms with E-state index < -0.39 is 11.9 Å². The monoisotopic (exact) mass is 288 g/mol. The molecule has 20 heavy (non-hydrogen) atoms. The van der Waals surface area contributed by atoms with E-state index in [-0.39, 0.29) is 5.69 Å². The molecule has 102 valence electrons. The van der Waals surface area contributed by atoms with Gasteiger partial charge in [-0.3, -0.25) is 4.79 Å². The van der Waals surface area contributed by atoms with Crippen molar-refractivity contribution in [1.29, 1.82) is 0 Å². The first-order valence-corrected chi connectivity index (χ1v) is 6.76. The minimum Gasteiger partial charge on any atom is -0.477 e. The third kappa shape index (κ3) is 3.58. The molecule has 0 aliphatic carbocycles. The Morgan fingerprint density at radius 1 is 1.25 bits per heavy atom. The average molecular weight is 288 g/mol. The molecule has 0 saturated carbocycles. The van der Waals surface area contributed by atoms with E-state index in [4.69, 9.17) is 10.8 Å². The van der Waals surface area contributed by atoms with Crippen molar-refractivity contribution in [3.63, 3.8) is 0 Å². The number of hydrogen-bond donors (Lipinski definition) is 2. The highest BCUT2D eigenvalue weighted by Crippen LogP contribution is 2.23. The summed E-state index contributed by atoms with van der Waals surface area (Å²) in [5, 5.41) is 8.87. The van der Waals surface area contributed by atoms with Gasteiger partial charge in [0.05, 0.1) is 0 Å². The van der Waals surface area contributed by atoms with Crippen LogP contribution in [0.15, 0.2) is 47.5 Å². The van der Waals surface area contributed by atoms with E-state index in [0.717, 1.165) is 10.5 Å². The van der Waals surface area contributed by atoms with Gasteiger partial charge >= 0.3 is 5.97 Å². The lowest BCUT2D eigenvalue weighted by molar-refractivity contribution is 0.0690. The number of nitrogens with zero attached hydrogens (tertiary/aromatic N) is 1. The Hall–Kier alpha value is -2.34. The molecule has 5 nitrogen and oxygen atoms in total. The number of aromatic nitrogens is 1. The number of benzene rings is 1. The van der Waals surface area contributed by atoms with E-state index in [0.29, 0.717) is 11.3 Å². The summed E-state index contributed by atoms with van der Waals surface area (Å²) in [5.74, 6) is -0.901. The lowest BCUT2D eigenvalue weighted by Gasteiger charge is -2.04. The fourth-order valence-electron chi connectivity index (χ4n) is 1.60. The molecular formula is C14H12N2O3S. The van der Waals surface area contributed by atoms with Crippen molar-refractivity contribution < 1.29 is 14.7 Å². The normalized spacial score (nSPS) is 10.2. The van der Waals surface area contributed by atoms with Crippen LogP contribution in [0.4, 0.5) is 0 Å². The van der Waals surface area contributed by atoms with E-state index in [1.165, 1.54) is 24.0 Å². The van der Waals surface area contributed by atoms with E-state index >= 15 is 0 Å². The minimum atomic E-state index is -1.05. The summed E-state index contributed by atoms with van der Waals surface area (Å²) in [6, 6.07) is 10.3. The first kappa shape index (κ1) is 14.1. The van der Waals surface area contributed by atoms with Gasteiger partial charge in [-0.15, -0.1) is 11.8 Å². The molecule has 0 saturated heterocycles. The minimum absolute atomic E-state index is 0.0147. The molecule has 0 spiro atoms. The maximum atomic E-state index is 11.1. The summed E-state index contributed by atoms with van der Waals surface area (Å²) in [5.41, 5.74) is 6.65. The Balaban J connectivity index is 2.08. The van der Waals surface area contributed by atoms with Crippen LogP contribution in [0.2, 0.25) is 0 Å². The molecule has 0 bridgehead atoms. The molecule has 1 amide bonds. The zero-order chi connectivity index (χ0) is 14.5. The molecule has 6 heteroatoms. The lowest BCUT2D eigenvalue weighted by atomic mass is 10.1. The predicted octanol–water partition coefficient (Wildman–Crippen LogP) is 2.17. The SMILES string of the molecule is NC(=O)c1cccc(CSc2ccnc(C(=O)O)c2)c1. The summed E-state index contributed by atoms with van der Waals surface area (Å²) in [6.45, 7) is 0. The predicted molar refractivity (Wildman–Crippen MR) is 75.7 cm³/mol. The average Bonchev–Trinajstić information content (AvgIpc) is 2.45. The smallest absolute Gasteiger partial charge is 0.354 e. The zero-order valence-corrected chi connectivity index (χ0v) is 11.3. The number of thioether (sulfide) groups is 1. The third-order valence-corrected chi connectivity index (χ3v) is 3.63. The summed E-state index contributed by atoms with van der Waals surface area (Å²) in [6.07, 6.45) is 1.46. The van der Waals surface area contributed by atoms with Gasteiger partial charge in [0.1, 0.15) is 5.69 Å². The molecule has 0 atom stereocenters. The number of aromatic carboxylic acids is 1. The van der Waals surface area contributed by atoms with E-state index in [9.17, 15) is 9.59 Å². The van der Waals surface area contributed by atoms with Crippen molar-refractivity contribution in [2.24, 2.45) is 5.73 Å². The van der Waals surface area contributed by atoms with E-state index in [2.05, 4.69) is 4.98 Å². The third-order valence-electron chi connectivity index (χ3n) is 2.57. The Morgan fingerprint density at radius 2 is 2.05 bits per heavy atom. The van der Waals surface area contributed by atoms with E-state index in [1.807, 2.05) is 6.07 Å². The largest absolute Gasteiger partial charge is 0.477 e. The summed E-state index contributed by atoms with van der Waals surface area (Å²) in [7, 11) is 0. The number of carboxylic acids is 1. The van der Waals surface area contributed by atoms with Crippen molar-refractivity contribution in [2.45, 2.75) is 10.6 Å². The number of carboxylic acid groups (broad SMARTS) is 1. The van der Waals surface area contributed by atoms with Crippen molar-refractivity contribution in [3.8, 4) is 0 Å². The highest BCUT2D eigenvalue weighted by atomic mass is 32.2. The first-order chi connectivity index (χ1) is 9.56. The van der Waals surface area contributed by atoms with Gasteiger partial charge in [-0.1, -0.05) is 12.1 Å². The number of amides is 1. The highest BCUT2D eigenvalue weighted by molar-refractivity contribution is 7.98. The van der Waals surface area contributed by atoms with Crippen LogP contribution in [-0.2, 0) is 5.75 Å². The Labute approximate surface area is 119 Å². The maximum absolute atomic E-state index is 11.1. The van der Waals surface area contributed by atoms with Gasteiger partial charge in [0.25, 0.3) is 0 Å². The molecule has 2 rings (SSSR count). The Bertz CT molecular complexity index is 601. The molecule has 0 radical (unpaired) electrons. The molecule has 3 N–H and O–H groups in total. The van der Waals surface area contributed by atoms with Crippen LogP contribution >= 0.6 is 11.8 Å². The molecule has 0 unspecified atom stereocenters. The number of nitrogens with two attached hydrogens (primary N) is 1. The molecular weight excluding hydrogens is 276 g/mol. The van der Waals surface area contributed by atoms with Crippen molar-refractivity contribution >= 4 is 23.6 Å². The van der Waals surface area contributed by atoms with Crippen LogP contribution in [0.5, 0.6) is 0 Å². The van der Waals surface area contributed by atoms with Gasteiger partial charge in [0.15, 0.2) is 0 Å². The molecule has 1 heterocycles. The second-order valence-electron chi connectivity index (χ2n) is 4.04. The van der Waals surface area contributed by atoms with Crippen LogP contribution in [0.1, 0.15) is 26.4 Å². The van der Waals surface area contributed by atoms with Crippen molar-refractivity contribution in [2.75, 3.05) is 0 Å². The van der Waals surface area contributed by atoms with Crippen LogP contribution < -0.4 is 5.73 Å². The number of carbonyl (C=O) groups is 2. The second kappa shape index (κ2) is 6.21. The van der Waals surface area contributed by atoms with Gasteiger partial charge in [-0.05, 0) is 29.8 Å². The molecule has 1 aromatic carbocycles. The Kier molecular flexibility index (Phi) is 4.37. The number of hydrogen-bond acceptors (Lipinski definition) is 4. The molecule has 2 aromatic rings. The summed E-state index contributed by atoms with van der Waals surface area (Å²) < 4.78 is 0. The molecule has 0 aliphatic rings. The van der Waals surface area contributed by atoms with Gasteiger partial charge in [0.2, 0.25) is 5.91 Å². The fourth-order valence-corrected chi connectivity index (χ4v) is 2.46. The van der Waals surface area contributed by atoms with Gasteiger partial charge < -0.3 is 10.8 Å². The topological polar surface area (TPSA) is 93.3 Å². The van der Waals surface area contributed by atoms with Crippen molar-refractivity contribution in [1.82, 2.24) is 4.98 Å². The molecule has 1 aromatic heterocycles. The fraction of sp³-hybridized carbons (Fsp3) is 0.0714. The quantitative estimate of drug-likeness (QED) is 0.822. The second-order valence-corrected chi connectivity index (χ2v) is 5.08. The number of primary amides is 1. The number of rotatable bonds is 5. The molecule has 0 fully saturated rings. The first-order valence-electron chi connectivity index (χ1n) is 5.77.